The number of aryl methyl sites for hydroxylation is 2. The number of benzene rings is 2. The Labute approximate surface area is 128 Å². The molecule has 0 saturated heterocycles. The van der Waals surface area contributed by atoms with Gasteiger partial charge in [0.25, 0.3) is 0 Å². The van der Waals surface area contributed by atoms with Crippen molar-refractivity contribution in [1.82, 2.24) is 4.98 Å². The molecule has 98 valence electrons. The van der Waals surface area contributed by atoms with Crippen LogP contribution in [0, 0.1) is 13.7 Å². The highest BCUT2D eigenvalue weighted by atomic mass is 14.7. The van der Waals surface area contributed by atoms with E-state index < -0.39 is 13.7 Å². The first-order valence-electron chi connectivity index (χ1n) is 9.33. The van der Waals surface area contributed by atoms with Crippen molar-refractivity contribution >= 4 is 0 Å². The lowest BCUT2D eigenvalue weighted by molar-refractivity contribution is 1.31. The topological polar surface area (TPSA) is 12.9 Å². The second-order valence-electron chi connectivity index (χ2n) is 4.56. The van der Waals surface area contributed by atoms with Gasteiger partial charge in [0.1, 0.15) is 0 Å². The van der Waals surface area contributed by atoms with Gasteiger partial charge < -0.3 is 0 Å². The summed E-state index contributed by atoms with van der Waals surface area (Å²) in [6.07, 6.45) is 1.66. The van der Waals surface area contributed by atoms with Crippen LogP contribution in [0.1, 0.15) is 19.4 Å². The Kier molecular flexibility index (Phi) is 1.96. The molecule has 0 aliphatic heterocycles. The highest BCUT2D eigenvalue weighted by Crippen LogP contribution is 2.25. The van der Waals surface area contributed by atoms with E-state index in [9.17, 15) is 0 Å². The predicted octanol–water partition coefficient (Wildman–Crippen LogP) is 5.03. The van der Waals surface area contributed by atoms with Gasteiger partial charge in [-0.2, -0.15) is 0 Å². The molecule has 0 fully saturated rings. The second-order valence-corrected chi connectivity index (χ2v) is 4.56. The SMILES string of the molecule is [2H]C([2H])([2H])c1ccc(-c2ccnc(-c3ccccc3)c2)cc1C([2H])([2H])[2H]. The van der Waals surface area contributed by atoms with Crippen molar-refractivity contribution in [2.24, 2.45) is 0 Å². The molecular formula is C19H17N. The number of hydrogen-bond donors (Lipinski definition) is 0. The lowest BCUT2D eigenvalue weighted by atomic mass is 10.00. The molecule has 2 aromatic carbocycles. The van der Waals surface area contributed by atoms with Gasteiger partial charge in [-0.15, -0.1) is 0 Å². The minimum atomic E-state index is -2.50. The largest absolute Gasteiger partial charge is 0.256 e. The van der Waals surface area contributed by atoms with Crippen LogP contribution in [-0.4, -0.2) is 4.98 Å². The zero-order valence-electron chi connectivity index (χ0n) is 16.8. The van der Waals surface area contributed by atoms with Crippen LogP contribution in [-0.2, 0) is 0 Å². The highest BCUT2D eigenvalue weighted by molar-refractivity contribution is 5.70. The molecule has 0 atom stereocenters. The predicted molar refractivity (Wildman–Crippen MR) is 84.6 cm³/mol. The van der Waals surface area contributed by atoms with E-state index in [1.165, 1.54) is 12.1 Å². The van der Waals surface area contributed by atoms with Gasteiger partial charge in [-0.3, -0.25) is 4.98 Å². The summed E-state index contributed by atoms with van der Waals surface area (Å²) in [6.45, 7) is -4.98. The molecule has 1 heterocycles. The first-order chi connectivity index (χ1) is 12.2. The first kappa shape index (κ1) is 7.39. The average molecular weight is 265 g/mol. The molecule has 1 nitrogen and oxygen atoms in total. The summed E-state index contributed by atoms with van der Waals surface area (Å²) in [6, 6.07) is 17.7. The normalized spacial score (nSPS) is 16.2. The maximum Gasteiger partial charge on any atom is 0.0708 e. The second kappa shape index (κ2) is 5.30. The van der Waals surface area contributed by atoms with Crippen LogP contribution in [0.15, 0.2) is 66.9 Å². The maximum absolute atomic E-state index is 7.70. The Morgan fingerprint density at radius 1 is 0.750 bits per heavy atom. The minimum Gasteiger partial charge on any atom is -0.256 e. The van der Waals surface area contributed by atoms with Crippen LogP contribution in [0.2, 0.25) is 0 Å². The molecule has 0 N–H and O–H groups in total. The fourth-order valence-corrected chi connectivity index (χ4v) is 2.10. The van der Waals surface area contributed by atoms with Gasteiger partial charge >= 0.3 is 0 Å². The van der Waals surface area contributed by atoms with E-state index in [4.69, 9.17) is 8.22 Å². The van der Waals surface area contributed by atoms with E-state index in [-0.39, 0.29) is 11.1 Å². The van der Waals surface area contributed by atoms with Gasteiger partial charge in [0.2, 0.25) is 0 Å². The molecule has 1 aromatic heterocycles. The number of pyridine rings is 1. The van der Waals surface area contributed by atoms with Crippen molar-refractivity contribution < 1.29 is 8.22 Å². The maximum atomic E-state index is 7.70. The van der Waals surface area contributed by atoms with Gasteiger partial charge in [0.05, 0.1) is 5.69 Å². The van der Waals surface area contributed by atoms with Crippen LogP contribution in [0.3, 0.4) is 0 Å². The van der Waals surface area contributed by atoms with Gasteiger partial charge in [-0.1, -0.05) is 48.5 Å². The first-order valence-corrected chi connectivity index (χ1v) is 6.33. The van der Waals surface area contributed by atoms with Crippen LogP contribution >= 0.6 is 0 Å². The van der Waals surface area contributed by atoms with Crippen molar-refractivity contribution in [3.8, 4) is 22.4 Å². The standard InChI is InChI=1S/C19H17N/c1-14-8-9-17(12-15(14)2)18-10-11-20-19(13-18)16-6-4-3-5-7-16/h3-13H,1-2H3/i1D3,2D3. The van der Waals surface area contributed by atoms with E-state index >= 15 is 0 Å². The van der Waals surface area contributed by atoms with Crippen LogP contribution in [0.5, 0.6) is 0 Å². The minimum absolute atomic E-state index is 0.140. The molecule has 0 aliphatic carbocycles. The monoisotopic (exact) mass is 265 g/mol. The van der Waals surface area contributed by atoms with Crippen LogP contribution < -0.4 is 0 Å². The van der Waals surface area contributed by atoms with Crippen molar-refractivity contribution in [3.05, 3.63) is 78.0 Å². The van der Waals surface area contributed by atoms with E-state index in [0.717, 1.165) is 16.8 Å². The molecule has 3 aromatic rings. The van der Waals surface area contributed by atoms with Gasteiger partial charge in [-0.05, 0) is 48.1 Å². The summed E-state index contributed by atoms with van der Waals surface area (Å²) < 4.78 is 45.9. The molecule has 20 heavy (non-hydrogen) atoms. The summed E-state index contributed by atoms with van der Waals surface area (Å²) in [5, 5.41) is 0. The number of hydrogen-bond acceptors (Lipinski definition) is 1. The third-order valence-corrected chi connectivity index (χ3v) is 3.18. The fourth-order valence-electron chi connectivity index (χ4n) is 2.10. The lowest BCUT2D eigenvalue weighted by Gasteiger charge is -2.07. The Bertz CT molecular complexity index is 913. The number of rotatable bonds is 2. The molecule has 0 amide bonds. The van der Waals surface area contributed by atoms with Crippen molar-refractivity contribution in [1.29, 1.82) is 0 Å². The Morgan fingerprint density at radius 2 is 1.55 bits per heavy atom. The van der Waals surface area contributed by atoms with Crippen molar-refractivity contribution in [2.45, 2.75) is 13.7 Å². The summed E-state index contributed by atoms with van der Waals surface area (Å²) in [7, 11) is 0. The molecule has 0 saturated carbocycles. The van der Waals surface area contributed by atoms with Gasteiger partial charge in [0, 0.05) is 20.0 Å². The van der Waals surface area contributed by atoms with Crippen LogP contribution in [0.25, 0.3) is 22.4 Å². The molecule has 0 aliphatic rings. The summed E-state index contributed by atoms with van der Waals surface area (Å²) in [4.78, 5) is 4.36. The molecule has 0 bridgehead atoms. The molecule has 0 spiro atoms. The summed E-state index contributed by atoms with van der Waals surface area (Å²) >= 11 is 0. The quantitative estimate of drug-likeness (QED) is 0.633. The third-order valence-electron chi connectivity index (χ3n) is 3.18. The van der Waals surface area contributed by atoms with E-state index in [1.54, 1.807) is 18.3 Å². The average Bonchev–Trinajstić information content (AvgIpc) is 2.60. The number of nitrogens with zero attached hydrogens (tertiary/aromatic N) is 1. The molecule has 3 rings (SSSR count). The molecule has 0 unspecified atom stereocenters. The molecular weight excluding hydrogens is 242 g/mol. The Morgan fingerprint density at radius 3 is 2.35 bits per heavy atom. The third kappa shape index (κ3) is 2.48. The van der Waals surface area contributed by atoms with Crippen LogP contribution in [0.4, 0.5) is 0 Å². The lowest BCUT2D eigenvalue weighted by Crippen LogP contribution is -1.87. The smallest absolute Gasteiger partial charge is 0.0708 e. The Balaban J connectivity index is 2.11. The van der Waals surface area contributed by atoms with Crippen molar-refractivity contribution in [2.75, 3.05) is 0 Å². The zero-order chi connectivity index (χ0) is 18.9. The van der Waals surface area contributed by atoms with E-state index in [2.05, 4.69) is 4.98 Å². The zero-order valence-corrected chi connectivity index (χ0v) is 10.8. The molecule has 0 radical (unpaired) electrons. The summed E-state index contributed by atoms with van der Waals surface area (Å²) in [5.74, 6) is 0. The highest BCUT2D eigenvalue weighted by Gasteiger charge is 2.03. The van der Waals surface area contributed by atoms with Crippen molar-refractivity contribution in [3.63, 3.8) is 0 Å². The Hall–Kier alpha value is -2.41. The van der Waals surface area contributed by atoms with E-state index in [1.807, 2.05) is 36.4 Å². The number of aromatic nitrogens is 1. The summed E-state index contributed by atoms with van der Waals surface area (Å²) in [5.41, 5.74) is 2.85. The fraction of sp³-hybridized carbons (Fsp3) is 0.105. The van der Waals surface area contributed by atoms with E-state index in [0.29, 0.717) is 5.56 Å². The van der Waals surface area contributed by atoms with Gasteiger partial charge in [-0.25, -0.2) is 0 Å². The van der Waals surface area contributed by atoms with Gasteiger partial charge in [0.15, 0.2) is 0 Å². The molecule has 1 heteroatoms.